The average molecular weight is 293 g/mol. The highest BCUT2D eigenvalue weighted by atomic mass is 19.1. The summed E-state index contributed by atoms with van der Waals surface area (Å²) in [5.74, 6) is 0.767. The zero-order chi connectivity index (χ0) is 15.3. The molecule has 2 nitrogen and oxygen atoms in total. The maximum absolute atomic E-state index is 13.7. The first-order chi connectivity index (χ1) is 10.0. The highest BCUT2D eigenvalue weighted by molar-refractivity contribution is 5.29. The van der Waals surface area contributed by atoms with Crippen molar-refractivity contribution in [2.75, 3.05) is 13.7 Å². The van der Waals surface area contributed by atoms with Gasteiger partial charge in [0.05, 0.1) is 7.11 Å². The summed E-state index contributed by atoms with van der Waals surface area (Å²) in [6.45, 7) is 6.37. The normalized spacial score (nSPS) is 17.4. The van der Waals surface area contributed by atoms with E-state index in [1.165, 1.54) is 39.2 Å². The van der Waals surface area contributed by atoms with Crippen LogP contribution >= 0.6 is 0 Å². The Morgan fingerprint density at radius 1 is 1.29 bits per heavy atom. The van der Waals surface area contributed by atoms with Crippen molar-refractivity contribution >= 4 is 0 Å². The van der Waals surface area contributed by atoms with Crippen molar-refractivity contribution in [3.8, 4) is 5.75 Å². The van der Waals surface area contributed by atoms with Crippen molar-refractivity contribution in [2.45, 2.75) is 52.5 Å². The molecule has 1 saturated carbocycles. The lowest BCUT2D eigenvalue weighted by Crippen LogP contribution is -2.33. The standard InChI is InChI=1S/C18H28FNO/c1-14(2)11-18(8-4-5-9-18)13-20-12-15-6-7-17(21-3)16(19)10-15/h6-7,10,14,20H,4-5,8-9,11-13H2,1-3H3. The highest BCUT2D eigenvalue weighted by Crippen LogP contribution is 2.42. The van der Waals surface area contributed by atoms with Gasteiger partial charge >= 0.3 is 0 Å². The molecule has 21 heavy (non-hydrogen) atoms. The topological polar surface area (TPSA) is 21.3 Å². The summed E-state index contributed by atoms with van der Waals surface area (Å²) in [6.07, 6.45) is 6.65. The van der Waals surface area contributed by atoms with Gasteiger partial charge in [-0.05, 0) is 48.3 Å². The van der Waals surface area contributed by atoms with Gasteiger partial charge in [0.1, 0.15) is 0 Å². The van der Waals surface area contributed by atoms with Gasteiger partial charge in [-0.25, -0.2) is 4.39 Å². The molecule has 0 heterocycles. The van der Waals surface area contributed by atoms with Crippen molar-refractivity contribution in [1.82, 2.24) is 5.32 Å². The predicted molar refractivity (Wildman–Crippen MR) is 85.0 cm³/mol. The Kier molecular flexibility index (Phi) is 5.63. The minimum Gasteiger partial charge on any atom is -0.494 e. The molecule has 0 saturated heterocycles. The summed E-state index contributed by atoms with van der Waals surface area (Å²) in [7, 11) is 1.49. The van der Waals surface area contributed by atoms with Gasteiger partial charge in [0.15, 0.2) is 11.6 Å². The molecule has 118 valence electrons. The van der Waals surface area contributed by atoms with Gasteiger partial charge in [0, 0.05) is 13.1 Å². The second kappa shape index (κ2) is 7.26. The van der Waals surface area contributed by atoms with Crippen LogP contribution in [0.25, 0.3) is 0 Å². The molecule has 2 rings (SSSR count). The van der Waals surface area contributed by atoms with Crippen LogP contribution < -0.4 is 10.1 Å². The molecule has 0 aliphatic heterocycles. The first kappa shape index (κ1) is 16.3. The maximum atomic E-state index is 13.7. The molecule has 1 aromatic rings. The quantitative estimate of drug-likeness (QED) is 0.797. The van der Waals surface area contributed by atoms with Crippen LogP contribution in [-0.2, 0) is 6.54 Å². The molecule has 1 fully saturated rings. The van der Waals surface area contributed by atoms with E-state index in [-0.39, 0.29) is 5.82 Å². The molecule has 3 heteroatoms. The molecule has 0 spiro atoms. The Balaban J connectivity index is 1.89. The Labute approximate surface area is 128 Å². The van der Waals surface area contributed by atoms with Crippen molar-refractivity contribution < 1.29 is 9.13 Å². The molecule has 0 amide bonds. The molecule has 0 unspecified atom stereocenters. The van der Waals surface area contributed by atoms with Crippen molar-refractivity contribution in [3.63, 3.8) is 0 Å². The largest absolute Gasteiger partial charge is 0.494 e. The third-order valence-electron chi connectivity index (χ3n) is 4.55. The lowest BCUT2D eigenvalue weighted by Gasteiger charge is -2.31. The van der Waals surface area contributed by atoms with Gasteiger partial charge in [0.25, 0.3) is 0 Å². The van der Waals surface area contributed by atoms with Crippen LogP contribution in [0, 0.1) is 17.2 Å². The Hall–Kier alpha value is -1.09. The lowest BCUT2D eigenvalue weighted by atomic mass is 9.78. The zero-order valence-corrected chi connectivity index (χ0v) is 13.5. The van der Waals surface area contributed by atoms with Gasteiger partial charge < -0.3 is 10.1 Å². The molecule has 1 N–H and O–H groups in total. The van der Waals surface area contributed by atoms with Crippen LogP contribution in [-0.4, -0.2) is 13.7 Å². The number of halogens is 1. The number of hydrogen-bond donors (Lipinski definition) is 1. The monoisotopic (exact) mass is 293 g/mol. The molecular formula is C18H28FNO. The first-order valence-corrected chi connectivity index (χ1v) is 8.08. The van der Waals surface area contributed by atoms with E-state index in [0.29, 0.717) is 11.2 Å². The molecule has 1 aliphatic carbocycles. The highest BCUT2D eigenvalue weighted by Gasteiger charge is 2.33. The van der Waals surface area contributed by atoms with Gasteiger partial charge in [-0.3, -0.25) is 0 Å². The third kappa shape index (κ3) is 4.44. The summed E-state index contributed by atoms with van der Waals surface area (Å²) >= 11 is 0. The summed E-state index contributed by atoms with van der Waals surface area (Å²) in [6, 6.07) is 5.19. The van der Waals surface area contributed by atoms with Crippen molar-refractivity contribution in [3.05, 3.63) is 29.6 Å². The fraction of sp³-hybridized carbons (Fsp3) is 0.667. The SMILES string of the molecule is COc1ccc(CNCC2(CC(C)C)CCCC2)cc1F. The number of hydrogen-bond acceptors (Lipinski definition) is 2. The van der Waals surface area contributed by atoms with E-state index in [0.717, 1.165) is 24.6 Å². The number of benzene rings is 1. The Morgan fingerprint density at radius 3 is 2.57 bits per heavy atom. The van der Waals surface area contributed by atoms with Crippen LogP contribution in [0.4, 0.5) is 4.39 Å². The molecular weight excluding hydrogens is 265 g/mol. The third-order valence-corrected chi connectivity index (χ3v) is 4.55. The van der Waals surface area contributed by atoms with Crippen LogP contribution in [0.15, 0.2) is 18.2 Å². The molecule has 0 radical (unpaired) electrons. The fourth-order valence-corrected chi connectivity index (χ4v) is 3.74. The lowest BCUT2D eigenvalue weighted by molar-refractivity contribution is 0.223. The average Bonchev–Trinajstić information content (AvgIpc) is 2.86. The summed E-state index contributed by atoms with van der Waals surface area (Å²) in [5.41, 5.74) is 1.44. The van der Waals surface area contributed by atoms with Crippen molar-refractivity contribution in [2.24, 2.45) is 11.3 Å². The van der Waals surface area contributed by atoms with E-state index in [1.54, 1.807) is 12.1 Å². The van der Waals surface area contributed by atoms with Gasteiger partial charge in [-0.2, -0.15) is 0 Å². The van der Waals surface area contributed by atoms with Gasteiger partial charge in [-0.15, -0.1) is 0 Å². The molecule has 1 aliphatic rings. The van der Waals surface area contributed by atoms with E-state index >= 15 is 0 Å². The summed E-state index contributed by atoms with van der Waals surface area (Å²) in [4.78, 5) is 0. The second-order valence-corrected chi connectivity index (χ2v) is 6.88. The van der Waals surface area contributed by atoms with Crippen LogP contribution in [0.1, 0.15) is 51.5 Å². The first-order valence-electron chi connectivity index (χ1n) is 8.08. The minimum atomic E-state index is -0.283. The number of nitrogens with one attached hydrogen (secondary N) is 1. The number of ether oxygens (including phenoxy) is 1. The Morgan fingerprint density at radius 2 is 2.00 bits per heavy atom. The van der Waals surface area contributed by atoms with Crippen LogP contribution in [0.5, 0.6) is 5.75 Å². The summed E-state index contributed by atoms with van der Waals surface area (Å²) in [5, 5.41) is 3.55. The zero-order valence-electron chi connectivity index (χ0n) is 13.5. The van der Waals surface area contributed by atoms with E-state index < -0.39 is 0 Å². The smallest absolute Gasteiger partial charge is 0.165 e. The van der Waals surface area contributed by atoms with E-state index in [1.807, 2.05) is 6.07 Å². The predicted octanol–water partition coefficient (Wildman–Crippen LogP) is 4.53. The molecule has 1 aromatic carbocycles. The summed E-state index contributed by atoms with van der Waals surface area (Å²) < 4.78 is 18.6. The Bertz CT molecular complexity index is 453. The second-order valence-electron chi connectivity index (χ2n) is 6.88. The number of methoxy groups -OCH3 is 1. The fourth-order valence-electron chi connectivity index (χ4n) is 3.74. The van der Waals surface area contributed by atoms with Crippen LogP contribution in [0.3, 0.4) is 0 Å². The van der Waals surface area contributed by atoms with Gasteiger partial charge in [0.2, 0.25) is 0 Å². The molecule has 0 bridgehead atoms. The van der Waals surface area contributed by atoms with E-state index in [4.69, 9.17) is 4.74 Å². The van der Waals surface area contributed by atoms with Crippen molar-refractivity contribution in [1.29, 1.82) is 0 Å². The molecule has 0 aromatic heterocycles. The minimum absolute atomic E-state index is 0.283. The molecule has 0 atom stereocenters. The van der Waals surface area contributed by atoms with Crippen LogP contribution in [0.2, 0.25) is 0 Å². The maximum Gasteiger partial charge on any atom is 0.165 e. The van der Waals surface area contributed by atoms with E-state index in [2.05, 4.69) is 19.2 Å². The van der Waals surface area contributed by atoms with E-state index in [9.17, 15) is 4.39 Å². The van der Waals surface area contributed by atoms with Gasteiger partial charge in [-0.1, -0.05) is 32.8 Å². The number of rotatable bonds is 7.